The van der Waals surface area contributed by atoms with Gasteiger partial charge in [0.05, 0.1) is 0 Å². The number of rotatable bonds is 6. The van der Waals surface area contributed by atoms with Crippen molar-refractivity contribution in [1.82, 2.24) is 0 Å². The summed E-state index contributed by atoms with van der Waals surface area (Å²) in [5.74, 6) is 0. The molecule has 4 aromatic rings. The zero-order valence-electron chi connectivity index (χ0n) is 15.5. The first-order valence-corrected chi connectivity index (χ1v) is 12.1. The van der Waals surface area contributed by atoms with Gasteiger partial charge in [-0.1, -0.05) is 84.6 Å². The fourth-order valence-corrected chi connectivity index (χ4v) is 9.85. The van der Waals surface area contributed by atoms with Gasteiger partial charge in [-0.15, -0.1) is 0 Å². The Kier molecular flexibility index (Phi) is 7.34. The second kappa shape index (κ2) is 9.94. The lowest BCUT2D eigenvalue weighted by Crippen LogP contribution is -3.00. The standard InChI is InChI=1S/C25H22PS.ClH/c1-5-13-22(14-6-1)26(23-15-7-2-8-16-23,24-17-9-3-10-18-24)21-27-25-19-11-4-12-20-25;/h1-20H,21H2;1H/q+1;/p-1. The quantitative estimate of drug-likeness (QED) is 0.341. The van der Waals surface area contributed by atoms with Gasteiger partial charge in [0, 0.05) is 4.90 Å². The minimum absolute atomic E-state index is 0. The molecule has 0 N–H and O–H groups in total. The van der Waals surface area contributed by atoms with Crippen LogP contribution in [0.4, 0.5) is 0 Å². The number of thioether (sulfide) groups is 1. The largest absolute Gasteiger partial charge is 1.00 e. The minimum atomic E-state index is -1.76. The molecule has 0 heterocycles. The van der Waals surface area contributed by atoms with Crippen LogP contribution in [0.2, 0.25) is 0 Å². The lowest BCUT2D eigenvalue weighted by atomic mass is 10.4. The van der Waals surface area contributed by atoms with Crippen molar-refractivity contribution in [3.63, 3.8) is 0 Å². The predicted molar refractivity (Wildman–Crippen MR) is 122 cm³/mol. The fourth-order valence-electron chi connectivity index (χ4n) is 3.41. The van der Waals surface area contributed by atoms with Gasteiger partial charge in [0.15, 0.2) is 0 Å². The normalized spacial score (nSPS) is 10.9. The molecule has 0 nitrogen and oxygen atoms in total. The summed E-state index contributed by atoms with van der Waals surface area (Å²) in [6.45, 7) is 0. The highest BCUT2D eigenvalue weighted by Crippen LogP contribution is 2.58. The Labute approximate surface area is 178 Å². The molecule has 4 rings (SSSR count). The van der Waals surface area contributed by atoms with Crippen molar-refractivity contribution in [2.75, 3.05) is 5.49 Å². The van der Waals surface area contributed by atoms with Crippen molar-refractivity contribution in [3.8, 4) is 0 Å². The molecule has 0 amide bonds. The van der Waals surface area contributed by atoms with Crippen molar-refractivity contribution in [3.05, 3.63) is 121 Å². The van der Waals surface area contributed by atoms with Gasteiger partial charge in [0.2, 0.25) is 0 Å². The summed E-state index contributed by atoms with van der Waals surface area (Å²) >= 11 is 1.96. The molecule has 0 atom stereocenters. The molecule has 0 aliphatic rings. The molecule has 3 heteroatoms. The highest BCUT2D eigenvalue weighted by atomic mass is 35.5. The van der Waals surface area contributed by atoms with Crippen molar-refractivity contribution in [2.24, 2.45) is 0 Å². The van der Waals surface area contributed by atoms with E-state index in [9.17, 15) is 0 Å². The molecule has 0 aliphatic carbocycles. The van der Waals surface area contributed by atoms with Crippen molar-refractivity contribution >= 4 is 34.9 Å². The Morgan fingerprint density at radius 3 is 1.14 bits per heavy atom. The average molecular weight is 421 g/mol. The summed E-state index contributed by atoms with van der Waals surface area (Å²) in [6.07, 6.45) is 0. The molecule has 0 unspecified atom stereocenters. The van der Waals surface area contributed by atoms with E-state index in [0.717, 1.165) is 5.49 Å². The Hall–Kier alpha value is -2.05. The summed E-state index contributed by atoms with van der Waals surface area (Å²) in [7, 11) is -1.76. The third kappa shape index (κ3) is 4.33. The molecule has 0 fully saturated rings. The van der Waals surface area contributed by atoms with E-state index >= 15 is 0 Å². The third-order valence-corrected chi connectivity index (χ3v) is 11.0. The number of benzene rings is 4. The van der Waals surface area contributed by atoms with Gasteiger partial charge in [0.25, 0.3) is 0 Å². The molecule has 4 aromatic carbocycles. The highest BCUT2D eigenvalue weighted by Gasteiger charge is 2.45. The van der Waals surface area contributed by atoms with E-state index in [0.29, 0.717) is 0 Å². The van der Waals surface area contributed by atoms with E-state index in [2.05, 4.69) is 121 Å². The van der Waals surface area contributed by atoms with E-state index in [1.54, 1.807) is 0 Å². The molecule has 0 radical (unpaired) electrons. The summed E-state index contributed by atoms with van der Waals surface area (Å²) in [6, 6.07) is 43.9. The van der Waals surface area contributed by atoms with E-state index in [-0.39, 0.29) is 12.4 Å². The average Bonchev–Trinajstić information content (AvgIpc) is 2.77. The summed E-state index contributed by atoms with van der Waals surface area (Å²) in [4.78, 5) is 1.32. The van der Waals surface area contributed by atoms with Gasteiger partial charge in [-0.05, 0) is 48.5 Å². The Morgan fingerprint density at radius 2 is 0.786 bits per heavy atom. The van der Waals surface area contributed by atoms with Crippen LogP contribution in [-0.4, -0.2) is 5.49 Å². The monoisotopic (exact) mass is 420 g/mol. The third-order valence-electron chi connectivity index (χ3n) is 4.76. The lowest BCUT2D eigenvalue weighted by Gasteiger charge is -2.27. The van der Waals surface area contributed by atoms with E-state index in [1.807, 2.05) is 11.8 Å². The van der Waals surface area contributed by atoms with Crippen LogP contribution in [0.5, 0.6) is 0 Å². The van der Waals surface area contributed by atoms with E-state index in [4.69, 9.17) is 0 Å². The highest BCUT2D eigenvalue weighted by molar-refractivity contribution is 8.13. The van der Waals surface area contributed by atoms with Gasteiger partial charge < -0.3 is 12.4 Å². The Morgan fingerprint density at radius 1 is 0.464 bits per heavy atom. The van der Waals surface area contributed by atoms with E-state index < -0.39 is 7.26 Å². The number of halogens is 1. The van der Waals surface area contributed by atoms with Crippen molar-refractivity contribution < 1.29 is 12.4 Å². The molecule has 0 saturated heterocycles. The van der Waals surface area contributed by atoms with Crippen LogP contribution in [0.15, 0.2) is 126 Å². The SMILES string of the molecule is [Cl-].c1ccc(SC[P+](c2ccccc2)(c2ccccc2)c2ccccc2)cc1. The van der Waals surface area contributed by atoms with Crippen LogP contribution in [0.1, 0.15) is 0 Å². The van der Waals surface area contributed by atoms with Crippen molar-refractivity contribution in [2.45, 2.75) is 4.90 Å². The summed E-state index contributed by atoms with van der Waals surface area (Å²) in [5.41, 5.74) is 1.05. The maximum Gasteiger partial charge on any atom is 0.123 e. The second-order valence-corrected chi connectivity index (χ2v) is 11.4. The van der Waals surface area contributed by atoms with Crippen molar-refractivity contribution in [1.29, 1.82) is 0 Å². The number of hydrogen-bond acceptors (Lipinski definition) is 1. The Bertz CT molecular complexity index is 864. The smallest absolute Gasteiger partial charge is 0.123 e. The molecular formula is C25H22ClPS. The maximum atomic E-state index is 2.30. The number of hydrogen-bond donors (Lipinski definition) is 0. The van der Waals surface area contributed by atoms with Gasteiger partial charge in [0.1, 0.15) is 28.7 Å². The lowest BCUT2D eigenvalue weighted by molar-refractivity contribution is -0.00000515. The van der Waals surface area contributed by atoms with Crippen LogP contribution in [-0.2, 0) is 0 Å². The second-order valence-electron chi connectivity index (χ2n) is 6.40. The van der Waals surface area contributed by atoms with Crippen LogP contribution in [0.3, 0.4) is 0 Å². The first-order valence-electron chi connectivity index (χ1n) is 9.12. The topological polar surface area (TPSA) is 0 Å². The molecule has 0 aromatic heterocycles. The maximum absolute atomic E-state index is 2.30. The van der Waals surface area contributed by atoms with Gasteiger partial charge >= 0.3 is 0 Å². The molecule has 28 heavy (non-hydrogen) atoms. The predicted octanol–water partition coefficient (Wildman–Crippen LogP) is 2.73. The van der Waals surface area contributed by atoms with Crippen LogP contribution >= 0.6 is 19.0 Å². The van der Waals surface area contributed by atoms with Gasteiger partial charge in [-0.2, -0.15) is 0 Å². The van der Waals surface area contributed by atoms with E-state index in [1.165, 1.54) is 20.8 Å². The van der Waals surface area contributed by atoms with Gasteiger partial charge in [-0.3, -0.25) is 0 Å². The molecule has 0 spiro atoms. The molecule has 0 bridgehead atoms. The van der Waals surface area contributed by atoms with Crippen LogP contribution in [0, 0.1) is 0 Å². The first kappa shape index (κ1) is 20.7. The van der Waals surface area contributed by atoms with Crippen LogP contribution < -0.4 is 28.3 Å². The molecular weight excluding hydrogens is 399 g/mol. The van der Waals surface area contributed by atoms with Gasteiger partial charge in [-0.25, -0.2) is 0 Å². The zero-order valence-corrected chi connectivity index (χ0v) is 18.0. The fraction of sp³-hybridized carbons (Fsp3) is 0.0400. The first-order chi connectivity index (χ1) is 13.4. The molecule has 0 saturated carbocycles. The summed E-state index contributed by atoms with van der Waals surface area (Å²) in [5, 5.41) is 4.31. The summed E-state index contributed by atoms with van der Waals surface area (Å²) < 4.78 is 0. The molecule has 0 aliphatic heterocycles. The molecule has 140 valence electrons. The zero-order chi connectivity index (χ0) is 18.4. The van der Waals surface area contributed by atoms with Crippen LogP contribution in [0.25, 0.3) is 0 Å². The minimum Gasteiger partial charge on any atom is -1.00 e. The Balaban J connectivity index is 0.00000225.